The number of likely N-dealkylation sites (N-methyl/N-ethyl adjacent to an activating group) is 1. The quantitative estimate of drug-likeness (QED) is 0.926. The predicted octanol–water partition coefficient (Wildman–Crippen LogP) is 2.29. The fourth-order valence-electron chi connectivity index (χ4n) is 2.01. The van der Waals surface area contributed by atoms with Gasteiger partial charge in [0.2, 0.25) is 0 Å². The number of hydrogen-bond acceptors (Lipinski definition) is 3. The molecule has 0 bridgehead atoms. The van der Waals surface area contributed by atoms with E-state index in [9.17, 15) is 4.79 Å². The van der Waals surface area contributed by atoms with Gasteiger partial charge in [0.1, 0.15) is 0 Å². The first-order valence-electron chi connectivity index (χ1n) is 6.59. The lowest BCUT2D eigenvalue weighted by Crippen LogP contribution is -2.29. The van der Waals surface area contributed by atoms with Crippen molar-refractivity contribution in [2.45, 2.75) is 13.3 Å². The van der Waals surface area contributed by atoms with Crippen LogP contribution in [0.1, 0.15) is 21.6 Å². The highest BCUT2D eigenvalue weighted by molar-refractivity contribution is 5.95. The van der Waals surface area contributed by atoms with Crippen molar-refractivity contribution in [3.63, 3.8) is 0 Å². The molecule has 0 fully saturated rings. The molecule has 0 radical (unpaired) electrons. The van der Waals surface area contributed by atoms with Crippen LogP contribution in [0.4, 0.5) is 5.69 Å². The summed E-state index contributed by atoms with van der Waals surface area (Å²) in [5, 5.41) is 0. The summed E-state index contributed by atoms with van der Waals surface area (Å²) >= 11 is 0. The van der Waals surface area contributed by atoms with Gasteiger partial charge < -0.3 is 10.6 Å². The van der Waals surface area contributed by atoms with E-state index < -0.39 is 0 Å². The summed E-state index contributed by atoms with van der Waals surface area (Å²) in [6.07, 6.45) is 2.40. The van der Waals surface area contributed by atoms with Crippen LogP contribution in [0.15, 0.2) is 42.6 Å². The zero-order valence-electron chi connectivity index (χ0n) is 11.8. The minimum absolute atomic E-state index is 0.0433. The summed E-state index contributed by atoms with van der Waals surface area (Å²) in [5.41, 5.74) is 8.70. The highest BCUT2D eigenvalue weighted by Crippen LogP contribution is 2.12. The Kier molecular flexibility index (Phi) is 4.35. The molecule has 2 aromatic rings. The van der Waals surface area contributed by atoms with Gasteiger partial charge in [0.05, 0.1) is 23.1 Å². The average Bonchev–Trinajstić information content (AvgIpc) is 2.47. The number of aryl methyl sites for hydroxylation is 1. The minimum Gasteiger partial charge on any atom is -0.397 e. The van der Waals surface area contributed by atoms with E-state index in [0.717, 1.165) is 6.42 Å². The van der Waals surface area contributed by atoms with Crippen molar-refractivity contribution < 1.29 is 4.79 Å². The molecule has 1 aromatic heterocycles. The van der Waals surface area contributed by atoms with Crippen molar-refractivity contribution >= 4 is 11.6 Å². The van der Waals surface area contributed by atoms with E-state index in [1.807, 2.05) is 25.1 Å². The second kappa shape index (κ2) is 6.19. The van der Waals surface area contributed by atoms with Gasteiger partial charge in [-0.25, -0.2) is 0 Å². The van der Waals surface area contributed by atoms with Gasteiger partial charge in [-0.05, 0) is 25.0 Å². The maximum Gasteiger partial charge on any atom is 0.255 e. The standard InChI is InChI=1S/C16H19N3O/c1-12-15(10-14(17)11-18-12)16(20)19(2)9-8-13-6-4-3-5-7-13/h3-7,10-11H,8-9,17H2,1-2H3. The largest absolute Gasteiger partial charge is 0.397 e. The Bertz CT molecular complexity index is 596. The van der Waals surface area contributed by atoms with Crippen LogP contribution < -0.4 is 5.73 Å². The van der Waals surface area contributed by atoms with E-state index in [1.165, 1.54) is 5.56 Å². The Labute approximate surface area is 119 Å². The lowest BCUT2D eigenvalue weighted by molar-refractivity contribution is 0.0795. The van der Waals surface area contributed by atoms with Gasteiger partial charge in [-0.3, -0.25) is 9.78 Å². The Morgan fingerprint density at radius 2 is 2.00 bits per heavy atom. The monoisotopic (exact) mass is 269 g/mol. The molecule has 0 aliphatic heterocycles. The first kappa shape index (κ1) is 14.1. The third-order valence-electron chi connectivity index (χ3n) is 3.26. The number of nitrogens with two attached hydrogens (primary N) is 1. The lowest BCUT2D eigenvalue weighted by Gasteiger charge is -2.18. The van der Waals surface area contributed by atoms with Crippen LogP contribution in [-0.4, -0.2) is 29.4 Å². The number of nitrogens with zero attached hydrogens (tertiary/aromatic N) is 2. The molecule has 1 amide bonds. The van der Waals surface area contributed by atoms with Crippen LogP contribution >= 0.6 is 0 Å². The molecule has 4 heteroatoms. The second-order valence-corrected chi connectivity index (χ2v) is 4.86. The topological polar surface area (TPSA) is 59.2 Å². The molecule has 0 spiro atoms. The Morgan fingerprint density at radius 1 is 1.30 bits per heavy atom. The number of pyridine rings is 1. The molecule has 0 saturated heterocycles. The number of hydrogen-bond donors (Lipinski definition) is 1. The van der Waals surface area contributed by atoms with Crippen molar-refractivity contribution in [1.82, 2.24) is 9.88 Å². The van der Waals surface area contributed by atoms with Crippen LogP contribution in [0, 0.1) is 6.92 Å². The molecule has 0 atom stereocenters. The van der Waals surface area contributed by atoms with Gasteiger partial charge in [-0.1, -0.05) is 30.3 Å². The van der Waals surface area contributed by atoms with Crippen LogP contribution in [0.5, 0.6) is 0 Å². The Morgan fingerprint density at radius 3 is 2.70 bits per heavy atom. The molecule has 1 aromatic carbocycles. The van der Waals surface area contributed by atoms with Gasteiger partial charge in [-0.15, -0.1) is 0 Å². The van der Waals surface area contributed by atoms with Crippen molar-refractivity contribution in [2.75, 3.05) is 19.3 Å². The van der Waals surface area contributed by atoms with Gasteiger partial charge >= 0.3 is 0 Å². The van der Waals surface area contributed by atoms with Crippen LogP contribution in [-0.2, 0) is 6.42 Å². The third kappa shape index (κ3) is 3.35. The Hall–Kier alpha value is -2.36. The van der Waals surface area contributed by atoms with Gasteiger partial charge in [0, 0.05) is 13.6 Å². The summed E-state index contributed by atoms with van der Waals surface area (Å²) in [4.78, 5) is 18.2. The number of rotatable bonds is 4. The number of amides is 1. The molecule has 0 unspecified atom stereocenters. The summed E-state index contributed by atoms with van der Waals surface area (Å²) < 4.78 is 0. The number of carbonyl (C=O) groups excluding carboxylic acids is 1. The molecule has 4 nitrogen and oxygen atoms in total. The van der Waals surface area contributed by atoms with Crippen molar-refractivity contribution in [3.05, 3.63) is 59.4 Å². The van der Waals surface area contributed by atoms with Gasteiger partial charge in [-0.2, -0.15) is 0 Å². The summed E-state index contributed by atoms with van der Waals surface area (Å²) in [6, 6.07) is 11.8. The molecule has 0 aliphatic rings. The molecule has 0 aliphatic carbocycles. The molecule has 2 N–H and O–H groups in total. The maximum atomic E-state index is 12.4. The van der Waals surface area contributed by atoms with Crippen molar-refractivity contribution in [2.24, 2.45) is 0 Å². The summed E-state index contributed by atoms with van der Waals surface area (Å²) in [6.45, 7) is 2.48. The zero-order valence-corrected chi connectivity index (χ0v) is 11.8. The average molecular weight is 269 g/mol. The maximum absolute atomic E-state index is 12.4. The Balaban J connectivity index is 2.03. The smallest absolute Gasteiger partial charge is 0.255 e. The molecule has 2 rings (SSSR count). The number of anilines is 1. The second-order valence-electron chi connectivity index (χ2n) is 4.86. The van der Waals surface area contributed by atoms with E-state index in [-0.39, 0.29) is 5.91 Å². The summed E-state index contributed by atoms with van der Waals surface area (Å²) in [7, 11) is 1.80. The lowest BCUT2D eigenvalue weighted by atomic mass is 10.1. The van der Waals surface area contributed by atoms with Gasteiger partial charge in [0.25, 0.3) is 5.91 Å². The van der Waals surface area contributed by atoms with E-state index >= 15 is 0 Å². The van der Waals surface area contributed by atoms with Crippen LogP contribution in [0.25, 0.3) is 0 Å². The number of benzene rings is 1. The minimum atomic E-state index is -0.0433. The predicted molar refractivity (Wildman–Crippen MR) is 80.5 cm³/mol. The normalized spacial score (nSPS) is 10.3. The molecule has 1 heterocycles. The molecule has 0 saturated carbocycles. The van der Waals surface area contributed by atoms with Crippen molar-refractivity contribution in [1.29, 1.82) is 0 Å². The number of aromatic nitrogens is 1. The number of nitrogen functional groups attached to an aromatic ring is 1. The molecular weight excluding hydrogens is 250 g/mol. The molecular formula is C16H19N3O. The van der Waals surface area contributed by atoms with E-state index in [4.69, 9.17) is 5.73 Å². The fraction of sp³-hybridized carbons (Fsp3) is 0.250. The SMILES string of the molecule is Cc1ncc(N)cc1C(=O)N(C)CCc1ccccc1. The third-order valence-corrected chi connectivity index (χ3v) is 3.26. The number of carbonyl (C=O) groups is 1. The van der Waals surface area contributed by atoms with Gasteiger partial charge in [0.15, 0.2) is 0 Å². The first-order valence-corrected chi connectivity index (χ1v) is 6.59. The first-order chi connectivity index (χ1) is 9.58. The fourth-order valence-corrected chi connectivity index (χ4v) is 2.01. The van der Waals surface area contributed by atoms with Crippen LogP contribution in [0.3, 0.4) is 0 Å². The zero-order chi connectivity index (χ0) is 14.5. The molecule has 20 heavy (non-hydrogen) atoms. The highest BCUT2D eigenvalue weighted by atomic mass is 16.2. The molecule has 104 valence electrons. The summed E-state index contributed by atoms with van der Waals surface area (Å²) in [5.74, 6) is -0.0433. The van der Waals surface area contributed by atoms with E-state index in [2.05, 4.69) is 17.1 Å². The van der Waals surface area contributed by atoms with Crippen molar-refractivity contribution in [3.8, 4) is 0 Å². The highest BCUT2D eigenvalue weighted by Gasteiger charge is 2.15. The van der Waals surface area contributed by atoms with E-state index in [0.29, 0.717) is 23.5 Å². The van der Waals surface area contributed by atoms with E-state index in [1.54, 1.807) is 24.2 Å². The van der Waals surface area contributed by atoms with Crippen LogP contribution in [0.2, 0.25) is 0 Å².